The van der Waals surface area contributed by atoms with Crippen LogP contribution in [0.4, 0.5) is 0 Å². The maximum atomic E-state index is 2.41. The minimum Gasteiger partial charge on any atom is -0.0885 e. The Balaban J connectivity index is 1.88. The molecule has 0 heteroatoms. The molecule has 0 saturated heterocycles. The number of rotatable bonds is 4. The van der Waals surface area contributed by atoms with Crippen LogP contribution in [0.5, 0.6) is 0 Å². The van der Waals surface area contributed by atoms with Crippen molar-refractivity contribution in [3.63, 3.8) is 0 Å². The second-order valence-corrected chi connectivity index (χ2v) is 5.29. The fourth-order valence-corrected chi connectivity index (χ4v) is 3.08. The van der Waals surface area contributed by atoms with Gasteiger partial charge in [0, 0.05) is 0 Å². The third-order valence-electron chi connectivity index (χ3n) is 4.04. The molecule has 0 spiro atoms. The summed E-state index contributed by atoms with van der Waals surface area (Å²) in [6.45, 7) is 2.20. The SMILES string of the molecule is CC/C=C\C1[C@@H](c2ccccc2)[C@H]1c1ccccc1. The van der Waals surface area contributed by atoms with Gasteiger partial charge in [-0.3, -0.25) is 0 Å². The van der Waals surface area contributed by atoms with Crippen molar-refractivity contribution in [3.05, 3.63) is 83.9 Å². The number of hydrogen-bond acceptors (Lipinski definition) is 0. The van der Waals surface area contributed by atoms with Crippen LogP contribution in [-0.4, -0.2) is 0 Å². The second kappa shape index (κ2) is 5.44. The molecule has 0 amide bonds. The molecule has 1 aliphatic carbocycles. The topological polar surface area (TPSA) is 0 Å². The maximum Gasteiger partial charge on any atom is -0.00182 e. The Morgan fingerprint density at radius 2 is 1.26 bits per heavy atom. The van der Waals surface area contributed by atoms with Crippen LogP contribution in [0.3, 0.4) is 0 Å². The molecule has 0 radical (unpaired) electrons. The number of allylic oxidation sites excluding steroid dienone is 2. The molecule has 2 aromatic carbocycles. The monoisotopic (exact) mass is 248 g/mol. The fraction of sp³-hybridized carbons (Fsp3) is 0.263. The first kappa shape index (κ1) is 12.2. The molecule has 1 fully saturated rings. The Morgan fingerprint density at radius 1 is 0.789 bits per heavy atom. The van der Waals surface area contributed by atoms with Gasteiger partial charge >= 0.3 is 0 Å². The van der Waals surface area contributed by atoms with Crippen molar-refractivity contribution in [1.82, 2.24) is 0 Å². The summed E-state index contributed by atoms with van der Waals surface area (Å²) in [4.78, 5) is 0. The zero-order chi connectivity index (χ0) is 13.1. The molecule has 0 nitrogen and oxygen atoms in total. The van der Waals surface area contributed by atoms with E-state index in [9.17, 15) is 0 Å². The van der Waals surface area contributed by atoms with Crippen molar-refractivity contribution < 1.29 is 0 Å². The molecule has 1 unspecified atom stereocenters. The van der Waals surface area contributed by atoms with E-state index in [1.54, 1.807) is 0 Å². The van der Waals surface area contributed by atoms with Crippen molar-refractivity contribution in [1.29, 1.82) is 0 Å². The lowest BCUT2D eigenvalue weighted by Gasteiger charge is -2.00. The first-order valence-corrected chi connectivity index (χ1v) is 7.18. The van der Waals surface area contributed by atoms with E-state index >= 15 is 0 Å². The number of benzene rings is 2. The third-order valence-corrected chi connectivity index (χ3v) is 4.04. The molecule has 0 bridgehead atoms. The average molecular weight is 248 g/mol. The molecule has 96 valence electrons. The van der Waals surface area contributed by atoms with Crippen LogP contribution < -0.4 is 0 Å². The van der Waals surface area contributed by atoms with Gasteiger partial charge in [0.2, 0.25) is 0 Å². The van der Waals surface area contributed by atoms with Crippen LogP contribution in [0, 0.1) is 5.92 Å². The van der Waals surface area contributed by atoms with Crippen LogP contribution in [0.15, 0.2) is 72.8 Å². The molecule has 3 rings (SSSR count). The standard InChI is InChI=1S/C19H20/c1-2-3-14-17-18(15-10-6-4-7-11-15)19(17)16-12-8-5-9-13-16/h3-14,17-19H,2H2,1H3/b14-3-/t17?,18-,19+. The van der Waals surface area contributed by atoms with E-state index in [4.69, 9.17) is 0 Å². The highest BCUT2D eigenvalue weighted by atomic mass is 14.5. The van der Waals surface area contributed by atoms with Gasteiger partial charge in [0.1, 0.15) is 0 Å². The van der Waals surface area contributed by atoms with Gasteiger partial charge in [-0.05, 0) is 35.3 Å². The van der Waals surface area contributed by atoms with Crippen LogP contribution in [0.2, 0.25) is 0 Å². The molecular formula is C19H20. The third kappa shape index (κ3) is 2.49. The predicted molar refractivity (Wildman–Crippen MR) is 81.3 cm³/mol. The maximum absolute atomic E-state index is 2.41. The Bertz CT molecular complexity index is 493. The van der Waals surface area contributed by atoms with Crippen molar-refractivity contribution in [2.24, 2.45) is 5.92 Å². The van der Waals surface area contributed by atoms with Gasteiger partial charge in [-0.2, -0.15) is 0 Å². The lowest BCUT2D eigenvalue weighted by Crippen LogP contribution is -1.82. The number of hydrogen-bond donors (Lipinski definition) is 0. The van der Waals surface area contributed by atoms with Gasteiger partial charge in [0.05, 0.1) is 0 Å². The van der Waals surface area contributed by atoms with Gasteiger partial charge in [-0.1, -0.05) is 79.7 Å². The molecular weight excluding hydrogens is 228 g/mol. The predicted octanol–water partition coefficient (Wildman–Crippen LogP) is 5.15. The van der Waals surface area contributed by atoms with E-state index in [-0.39, 0.29) is 0 Å². The summed E-state index contributed by atoms with van der Waals surface area (Å²) >= 11 is 0. The summed E-state index contributed by atoms with van der Waals surface area (Å²) in [7, 11) is 0. The van der Waals surface area contributed by atoms with Gasteiger partial charge in [0.25, 0.3) is 0 Å². The summed E-state index contributed by atoms with van der Waals surface area (Å²) in [6, 6.07) is 21.8. The Kier molecular flexibility index (Phi) is 3.50. The second-order valence-electron chi connectivity index (χ2n) is 5.29. The zero-order valence-corrected chi connectivity index (χ0v) is 11.4. The zero-order valence-electron chi connectivity index (χ0n) is 11.4. The summed E-state index contributed by atoms with van der Waals surface area (Å²) in [5, 5.41) is 0. The van der Waals surface area contributed by atoms with E-state index < -0.39 is 0 Å². The Hall–Kier alpha value is -1.82. The van der Waals surface area contributed by atoms with Crippen LogP contribution in [-0.2, 0) is 0 Å². The minimum absolute atomic E-state index is 0.659. The van der Waals surface area contributed by atoms with Gasteiger partial charge in [-0.15, -0.1) is 0 Å². The Labute approximate surface area is 115 Å². The highest BCUT2D eigenvalue weighted by molar-refractivity contribution is 5.41. The highest BCUT2D eigenvalue weighted by Gasteiger charge is 2.49. The molecule has 1 saturated carbocycles. The van der Waals surface area contributed by atoms with E-state index in [0.717, 1.165) is 6.42 Å². The van der Waals surface area contributed by atoms with Crippen LogP contribution in [0.25, 0.3) is 0 Å². The van der Waals surface area contributed by atoms with E-state index in [2.05, 4.69) is 79.7 Å². The van der Waals surface area contributed by atoms with Crippen molar-refractivity contribution in [2.45, 2.75) is 25.2 Å². The van der Waals surface area contributed by atoms with Gasteiger partial charge < -0.3 is 0 Å². The summed E-state index contributed by atoms with van der Waals surface area (Å²) in [5.74, 6) is 1.99. The van der Waals surface area contributed by atoms with Gasteiger partial charge in [0.15, 0.2) is 0 Å². The smallest absolute Gasteiger partial charge is 0.00182 e. The Morgan fingerprint density at radius 3 is 1.68 bits per heavy atom. The van der Waals surface area contributed by atoms with E-state index in [1.807, 2.05) is 0 Å². The quantitative estimate of drug-likeness (QED) is 0.656. The van der Waals surface area contributed by atoms with Crippen LogP contribution in [0.1, 0.15) is 36.3 Å². The van der Waals surface area contributed by atoms with Crippen LogP contribution >= 0.6 is 0 Å². The minimum atomic E-state index is 0.659. The summed E-state index contributed by atoms with van der Waals surface area (Å²) < 4.78 is 0. The normalized spacial score (nSPS) is 25.6. The average Bonchev–Trinajstić information content (AvgIpc) is 3.21. The van der Waals surface area contributed by atoms with Gasteiger partial charge in [-0.25, -0.2) is 0 Å². The molecule has 1 aliphatic rings. The summed E-state index contributed by atoms with van der Waals surface area (Å²) in [6.07, 6.45) is 5.85. The molecule has 0 aliphatic heterocycles. The molecule has 0 aromatic heterocycles. The van der Waals surface area contributed by atoms with Crippen molar-refractivity contribution in [2.75, 3.05) is 0 Å². The highest BCUT2D eigenvalue weighted by Crippen LogP contribution is 2.61. The lowest BCUT2D eigenvalue weighted by molar-refractivity contribution is 0.992. The molecule has 2 aromatic rings. The molecule has 0 heterocycles. The fourth-order valence-electron chi connectivity index (χ4n) is 3.08. The van der Waals surface area contributed by atoms with Crippen molar-refractivity contribution >= 4 is 0 Å². The largest absolute Gasteiger partial charge is 0.0885 e. The molecule has 3 atom stereocenters. The molecule has 19 heavy (non-hydrogen) atoms. The molecule has 0 N–H and O–H groups in total. The van der Waals surface area contributed by atoms with E-state index in [1.165, 1.54) is 11.1 Å². The van der Waals surface area contributed by atoms with Crippen molar-refractivity contribution in [3.8, 4) is 0 Å². The first-order valence-electron chi connectivity index (χ1n) is 7.18. The lowest BCUT2D eigenvalue weighted by atomic mass is 10.0. The van der Waals surface area contributed by atoms with E-state index in [0.29, 0.717) is 17.8 Å². The first-order chi connectivity index (χ1) is 9.42. The summed E-state index contributed by atoms with van der Waals surface area (Å²) in [5.41, 5.74) is 2.95.